The molecule has 6 atom stereocenters. The lowest BCUT2D eigenvalue weighted by Crippen LogP contribution is -2.55. The molecule has 7 nitrogen and oxygen atoms in total. The Kier molecular flexibility index (Phi) is 6.59. The predicted molar refractivity (Wildman–Crippen MR) is 134 cm³/mol. The molecule has 2 aromatic carbocycles. The maximum atomic E-state index is 13.8. The van der Waals surface area contributed by atoms with Gasteiger partial charge in [-0.05, 0) is 30.9 Å². The zero-order valence-electron chi connectivity index (χ0n) is 19.7. The number of aliphatic hydroxyl groups is 1. The summed E-state index contributed by atoms with van der Waals surface area (Å²) >= 11 is 1.64. The second-order valence-corrected chi connectivity index (χ2v) is 11.3. The normalized spacial score (nSPS) is 29.7. The van der Waals surface area contributed by atoms with Crippen LogP contribution >= 0.6 is 11.8 Å². The van der Waals surface area contributed by atoms with Gasteiger partial charge in [-0.1, -0.05) is 60.7 Å². The molecule has 5 rings (SSSR count). The van der Waals surface area contributed by atoms with Crippen LogP contribution in [-0.2, 0) is 27.5 Å². The molecule has 1 spiro atoms. The van der Waals surface area contributed by atoms with E-state index in [1.165, 1.54) is 0 Å². The van der Waals surface area contributed by atoms with Gasteiger partial charge in [0.1, 0.15) is 6.04 Å². The van der Waals surface area contributed by atoms with Crippen LogP contribution in [0.25, 0.3) is 0 Å². The number of nitrogens with one attached hydrogen (secondary N) is 2. The summed E-state index contributed by atoms with van der Waals surface area (Å²) in [6.45, 7) is 2.28. The first-order valence-corrected chi connectivity index (χ1v) is 13.1. The molecule has 184 valence electrons. The van der Waals surface area contributed by atoms with Gasteiger partial charge in [0.05, 0.1) is 29.2 Å². The molecule has 8 heteroatoms. The van der Waals surface area contributed by atoms with E-state index in [-0.39, 0.29) is 29.6 Å². The third-order valence-corrected chi connectivity index (χ3v) is 9.60. The highest BCUT2D eigenvalue weighted by Gasteiger charge is 2.73. The maximum Gasteiger partial charge on any atom is 0.244 e. The van der Waals surface area contributed by atoms with Crippen molar-refractivity contribution in [2.75, 3.05) is 6.61 Å². The minimum absolute atomic E-state index is 0.00993. The van der Waals surface area contributed by atoms with Crippen LogP contribution in [0.5, 0.6) is 0 Å². The first-order chi connectivity index (χ1) is 17.0. The number of fused-ring (bicyclic) bond motifs is 1. The fourth-order valence-electron chi connectivity index (χ4n) is 6.04. The van der Waals surface area contributed by atoms with Crippen LogP contribution in [-0.4, -0.2) is 56.4 Å². The monoisotopic (exact) mass is 493 g/mol. The standard InChI is InChI=1S/C27H31N3O4S/c1-17(16-31)30-23(25(33)29-15-19-10-6-3-7-11-19)27-13-12-20(35-27)21(22(27)26(30)34)24(32)28-14-18-8-4-2-5-9-18/h2-11,17,20-23,31H,12-16H2,1H3,(H,28,32)(H,29,33)/t17-,20+,21-,22+,23?,27?/m1/s1. The van der Waals surface area contributed by atoms with Gasteiger partial charge < -0.3 is 20.6 Å². The number of nitrogens with zero attached hydrogens (tertiary/aromatic N) is 1. The Morgan fingerprint density at radius 3 is 2.17 bits per heavy atom. The van der Waals surface area contributed by atoms with E-state index in [4.69, 9.17) is 0 Å². The van der Waals surface area contributed by atoms with E-state index in [1.54, 1.807) is 23.6 Å². The largest absolute Gasteiger partial charge is 0.394 e. The van der Waals surface area contributed by atoms with E-state index in [9.17, 15) is 19.5 Å². The highest BCUT2D eigenvalue weighted by molar-refractivity contribution is 8.02. The van der Waals surface area contributed by atoms with Crippen molar-refractivity contribution >= 4 is 29.5 Å². The Balaban J connectivity index is 1.39. The minimum Gasteiger partial charge on any atom is -0.394 e. The lowest BCUT2D eigenvalue weighted by atomic mass is 9.70. The van der Waals surface area contributed by atoms with Crippen molar-refractivity contribution in [1.82, 2.24) is 15.5 Å². The Morgan fingerprint density at radius 1 is 1.03 bits per heavy atom. The molecule has 3 aliphatic heterocycles. The molecular formula is C27H31N3O4S. The van der Waals surface area contributed by atoms with Crippen molar-refractivity contribution in [3.05, 3.63) is 71.8 Å². The summed E-state index contributed by atoms with van der Waals surface area (Å²) in [5.74, 6) is -1.59. The van der Waals surface area contributed by atoms with Crippen LogP contribution in [0.3, 0.4) is 0 Å². The average molecular weight is 494 g/mol. The van der Waals surface area contributed by atoms with Crippen molar-refractivity contribution in [3.63, 3.8) is 0 Å². The molecular weight excluding hydrogens is 462 g/mol. The fourth-order valence-corrected chi connectivity index (χ4v) is 8.24. The molecule has 3 amide bonds. The highest BCUT2D eigenvalue weighted by atomic mass is 32.2. The molecule has 3 heterocycles. The summed E-state index contributed by atoms with van der Waals surface area (Å²) in [6.07, 6.45) is 1.50. The number of amides is 3. The summed E-state index contributed by atoms with van der Waals surface area (Å²) < 4.78 is -0.652. The Morgan fingerprint density at radius 2 is 1.60 bits per heavy atom. The van der Waals surface area contributed by atoms with Gasteiger partial charge in [0.15, 0.2) is 0 Å². The minimum atomic E-state index is -0.715. The molecule has 2 bridgehead atoms. The number of rotatable bonds is 8. The number of hydrogen-bond donors (Lipinski definition) is 3. The van der Waals surface area contributed by atoms with Crippen LogP contribution in [0.4, 0.5) is 0 Å². The predicted octanol–water partition coefficient (Wildman–Crippen LogP) is 2.09. The van der Waals surface area contributed by atoms with E-state index in [2.05, 4.69) is 10.6 Å². The van der Waals surface area contributed by atoms with E-state index in [0.29, 0.717) is 19.5 Å². The number of carbonyl (C=O) groups excluding carboxylic acids is 3. The van der Waals surface area contributed by atoms with Crippen LogP contribution in [0.15, 0.2) is 60.7 Å². The van der Waals surface area contributed by atoms with Crippen LogP contribution < -0.4 is 10.6 Å². The maximum absolute atomic E-state index is 13.8. The molecule has 3 saturated heterocycles. The second-order valence-electron chi connectivity index (χ2n) is 9.74. The number of likely N-dealkylation sites (tertiary alicyclic amines) is 1. The first-order valence-electron chi connectivity index (χ1n) is 12.2. The van der Waals surface area contributed by atoms with Gasteiger partial charge in [0.25, 0.3) is 0 Å². The molecule has 0 saturated carbocycles. The molecule has 2 aromatic rings. The number of thioether (sulfide) groups is 1. The molecule has 3 aliphatic rings. The third-order valence-electron chi connectivity index (χ3n) is 7.65. The van der Waals surface area contributed by atoms with Crippen molar-refractivity contribution < 1.29 is 19.5 Å². The SMILES string of the molecule is C[C@H](CO)N1C(=O)[C@@H]2[C@H](C(=O)NCc3ccccc3)[C@@H]3CCC2(S3)C1C(=O)NCc1ccccc1. The van der Waals surface area contributed by atoms with Gasteiger partial charge >= 0.3 is 0 Å². The molecule has 2 unspecified atom stereocenters. The smallest absolute Gasteiger partial charge is 0.244 e. The van der Waals surface area contributed by atoms with Crippen LogP contribution in [0.1, 0.15) is 30.9 Å². The van der Waals surface area contributed by atoms with E-state index in [1.807, 2.05) is 60.7 Å². The molecule has 3 N–H and O–H groups in total. The molecule has 0 radical (unpaired) electrons. The van der Waals surface area contributed by atoms with Gasteiger partial charge in [-0.25, -0.2) is 0 Å². The first kappa shape index (κ1) is 23.9. The molecule has 0 aromatic heterocycles. The van der Waals surface area contributed by atoms with Crippen molar-refractivity contribution in [2.24, 2.45) is 11.8 Å². The Hall–Kier alpha value is -2.84. The van der Waals surface area contributed by atoms with Gasteiger partial charge in [-0.2, -0.15) is 0 Å². The molecule has 35 heavy (non-hydrogen) atoms. The van der Waals surface area contributed by atoms with Gasteiger partial charge in [-0.3, -0.25) is 14.4 Å². The van der Waals surface area contributed by atoms with Crippen LogP contribution in [0.2, 0.25) is 0 Å². The van der Waals surface area contributed by atoms with Gasteiger partial charge in [-0.15, -0.1) is 11.8 Å². The van der Waals surface area contributed by atoms with Crippen LogP contribution in [0, 0.1) is 11.8 Å². The number of carbonyl (C=O) groups is 3. The van der Waals surface area contributed by atoms with E-state index in [0.717, 1.165) is 17.5 Å². The summed E-state index contributed by atoms with van der Waals surface area (Å²) in [5, 5.41) is 16.0. The second kappa shape index (κ2) is 9.66. The number of hydrogen-bond acceptors (Lipinski definition) is 5. The zero-order chi connectivity index (χ0) is 24.6. The summed E-state index contributed by atoms with van der Waals surface area (Å²) in [4.78, 5) is 42.3. The highest BCUT2D eigenvalue weighted by Crippen LogP contribution is 2.66. The lowest BCUT2D eigenvalue weighted by molar-refractivity contribution is -0.142. The third kappa shape index (κ3) is 4.12. The fraction of sp³-hybridized carbons (Fsp3) is 0.444. The Bertz CT molecular complexity index is 1100. The van der Waals surface area contributed by atoms with Crippen molar-refractivity contribution in [3.8, 4) is 0 Å². The zero-order valence-corrected chi connectivity index (χ0v) is 20.5. The number of benzene rings is 2. The van der Waals surface area contributed by atoms with Crippen molar-refractivity contribution in [2.45, 2.75) is 54.9 Å². The summed E-state index contributed by atoms with van der Waals surface area (Å²) in [7, 11) is 0. The number of aliphatic hydroxyl groups excluding tert-OH is 1. The Labute approximate surface area is 209 Å². The lowest BCUT2D eigenvalue weighted by Gasteiger charge is -2.36. The summed E-state index contributed by atoms with van der Waals surface area (Å²) in [5.41, 5.74) is 1.97. The van der Waals surface area contributed by atoms with Gasteiger partial charge in [0, 0.05) is 18.3 Å². The van der Waals surface area contributed by atoms with E-state index < -0.39 is 28.7 Å². The molecule has 0 aliphatic carbocycles. The van der Waals surface area contributed by atoms with Crippen molar-refractivity contribution in [1.29, 1.82) is 0 Å². The summed E-state index contributed by atoms with van der Waals surface area (Å²) in [6, 6.07) is 18.1. The topological polar surface area (TPSA) is 98.7 Å². The molecule has 3 fully saturated rings. The average Bonchev–Trinajstić information content (AvgIpc) is 3.54. The van der Waals surface area contributed by atoms with Gasteiger partial charge in [0.2, 0.25) is 17.7 Å². The van der Waals surface area contributed by atoms with E-state index >= 15 is 0 Å². The quantitative estimate of drug-likeness (QED) is 0.523.